The van der Waals surface area contributed by atoms with Crippen LogP contribution < -0.4 is 0 Å². The second-order valence-corrected chi connectivity index (χ2v) is 7.57. The van der Waals surface area contributed by atoms with E-state index in [1.165, 1.54) is 22.0 Å². The van der Waals surface area contributed by atoms with E-state index in [-0.39, 0.29) is 6.10 Å². The van der Waals surface area contributed by atoms with Crippen molar-refractivity contribution in [3.05, 3.63) is 33.4 Å². The van der Waals surface area contributed by atoms with E-state index in [9.17, 15) is 5.11 Å². The molecule has 1 aromatic carbocycles. The van der Waals surface area contributed by atoms with Gasteiger partial charge in [-0.05, 0) is 66.0 Å². The fourth-order valence-corrected chi connectivity index (χ4v) is 4.25. The quantitative estimate of drug-likeness (QED) is 0.790. The van der Waals surface area contributed by atoms with Crippen molar-refractivity contribution in [2.24, 2.45) is 0 Å². The van der Waals surface area contributed by atoms with E-state index in [0.717, 1.165) is 45.6 Å². The first-order chi connectivity index (χ1) is 10.2. The van der Waals surface area contributed by atoms with Crippen LogP contribution in [0.25, 0.3) is 0 Å². The zero-order valence-corrected chi connectivity index (χ0v) is 14.7. The third-order valence-electron chi connectivity index (χ3n) is 4.93. The van der Waals surface area contributed by atoms with Crippen LogP contribution in [0.15, 0.2) is 24.3 Å². The van der Waals surface area contributed by atoms with Crippen LogP contribution in [0.5, 0.6) is 0 Å². The van der Waals surface area contributed by atoms with Gasteiger partial charge < -0.3 is 10.0 Å². The molecule has 116 valence electrons. The Morgan fingerprint density at radius 2 is 1.95 bits per heavy atom. The van der Waals surface area contributed by atoms with Crippen molar-refractivity contribution in [1.82, 2.24) is 9.80 Å². The smallest absolute Gasteiger partial charge is 0.0695 e. The minimum atomic E-state index is -0.0806. The molecule has 1 aromatic rings. The van der Waals surface area contributed by atoms with Crippen molar-refractivity contribution in [3.8, 4) is 0 Å². The fourth-order valence-electron chi connectivity index (χ4n) is 3.65. The molecule has 1 saturated heterocycles. The van der Waals surface area contributed by atoms with E-state index < -0.39 is 0 Å². The van der Waals surface area contributed by atoms with Gasteiger partial charge in [-0.2, -0.15) is 0 Å². The lowest BCUT2D eigenvalue weighted by Gasteiger charge is -2.39. The molecule has 1 aliphatic heterocycles. The first-order valence-electron chi connectivity index (χ1n) is 8.11. The average Bonchev–Trinajstić information content (AvgIpc) is 2.92. The summed E-state index contributed by atoms with van der Waals surface area (Å²) in [4.78, 5) is 5.08. The summed E-state index contributed by atoms with van der Waals surface area (Å²) < 4.78 is 1.32. The highest BCUT2D eigenvalue weighted by molar-refractivity contribution is 14.1. The second kappa shape index (κ2) is 7.40. The Morgan fingerprint density at radius 3 is 2.62 bits per heavy atom. The minimum absolute atomic E-state index is 0.0806. The molecule has 2 fully saturated rings. The molecule has 0 unspecified atom stereocenters. The van der Waals surface area contributed by atoms with Gasteiger partial charge in [-0.15, -0.1) is 0 Å². The van der Waals surface area contributed by atoms with Crippen molar-refractivity contribution in [1.29, 1.82) is 0 Å². The van der Waals surface area contributed by atoms with Gasteiger partial charge in [0.2, 0.25) is 0 Å². The molecule has 1 saturated carbocycles. The van der Waals surface area contributed by atoms with Crippen LogP contribution in [0.3, 0.4) is 0 Å². The number of halogens is 1. The van der Waals surface area contributed by atoms with Crippen LogP contribution in [0, 0.1) is 3.57 Å². The SMILES string of the molecule is O[C@H]1CCC[C@@H]1N1CCN(CCc2cccc([125I])c2)CC1. The number of piperazine rings is 1. The maximum absolute atomic E-state index is 10.0. The number of hydrogen-bond acceptors (Lipinski definition) is 3. The van der Waals surface area contributed by atoms with Crippen molar-refractivity contribution in [2.45, 2.75) is 37.8 Å². The van der Waals surface area contributed by atoms with E-state index in [1.807, 2.05) is 0 Å². The first kappa shape index (κ1) is 15.7. The lowest BCUT2D eigenvalue weighted by atomic mass is 10.1. The third-order valence-corrected chi connectivity index (χ3v) is 5.60. The molecule has 1 aliphatic carbocycles. The Hall–Kier alpha value is -0.170. The van der Waals surface area contributed by atoms with Crippen molar-refractivity contribution >= 4 is 22.6 Å². The summed E-state index contributed by atoms with van der Waals surface area (Å²) in [6.45, 7) is 5.68. The van der Waals surface area contributed by atoms with Gasteiger partial charge in [-0.3, -0.25) is 4.90 Å². The molecule has 1 N–H and O–H groups in total. The van der Waals surface area contributed by atoms with E-state index >= 15 is 0 Å². The molecule has 3 nitrogen and oxygen atoms in total. The molecule has 0 bridgehead atoms. The zero-order chi connectivity index (χ0) is 14.7. The van der Waals surface area contributed by atoms with Gasteiger partial charge in [0.1, 0.15) is 0 Å². The Kier molecular flexibility index (Phi) is 5.54. The highest BCUT2D eigenvalue weighted by Crippen LogP contribution is 2.25. The van der Waals surface area contributed by atoms with Gasteiger partial charge in [0, 0.05) is 42.3 Å². The minimum Gasteiger partial charge on any atom is -0.391 e. The van der Waals surface area contributed by atoms with Gasteiger partial charge in [0.15, 0.2) is 0 Å². The monoisotopic (exact) mass is 398 g/mol. The summed E-state index contributed by atoms with van der Waals surface area (Å²) >= 11 is 2.38. The molecule has 3 rings (SSSR count). The lowest BCUT2D eigenvalue weighted by Crippen LogP contribution is -2.52. The molecule has 2 aliphatic rings. The maximum atomic E-state index is 10.0. The summed E-state index contributed by atoms with van der Waals surface area (Å²) in [6, 6.07) is 9.24. The molecular weight excluding hydrogens is 373 g/mol. The van der Waals surface area contributed by atoms with E-state index in [0.29, 0.717) is 6.04 Å². The predicted octanol–water partition coefficient (Wildman–Crippen LogP) is 2.36. The van der Waals surface area contributed by atoms with Crippen LogP contribution in [0.4, 0.5) is 0 Å². The molecule has 1 heterocycles. The van der Waals surface area contributed by atoms with Crippen LogP contribution >= 0.6 is 22.6 Å². The van der Waals surface area contributed by atoms with Gasteiger partial charge in [0.05, 0.1) is 6.10 Å². The van der Waals surface area contributed by atoms with Gasteiger partial charge >= 0.3 is 0 Å². The first-order valence-corrected chi connectivity index (χ1v) is 9.19. The predicted molar refractivity (Wildman–Crippen MR) is 94.5 cm³/mol. The van der Waals surface area contributed by atoms with Crippen LogP contribution in [-0.2, 0) is 6.42 Å². The summed E-state index contributed by atoms with van der Waals surface area (Å²) in [6.07, 6.45) is 4.44. The van der Waals surface area contributed by atoms with E-state index in [4.69, 9.17) is 0 Å². The summed E-state index contributed by atoms with van der Waals surface area (Å²) in [5.74, 6) is 0. The Labute approximate surface area is 141 Å². The Morgan fingerprint density at radius 1 is 1.14 bits per heavy atom. The van der Waals surface area contributed by atoms with Crippen molar-refractivity contribution in [3.63, 3.8) is 0 Å². The molecule has 4 heteroatoms. The van der Waals surface area contributed by atoms with Crippen LogP contribution in [0.1, 0.15) is 24.8 Å². The average molecular weight is 398 g/mol. The molecule has 0 amide bonds. The van der Waals surface area contributed by atoms with Crippen LogP contribution in [-0.4, -0.2) is 59.8 Å². The van der Waals surface area contributed by atoms with Gasteiger partial charge in [0.25, 0.3) is 0 Å². The molecule has 0 aromatic heterocycles. The normalized spacial score (nSPS) is 28.1. The zero-order valence-electron chi connectivity index (χ0n) is 12.5. The number of aliphatic hydroxyl groups is 1. The maximum Gasteiger partial charge on any atom is 0.0695 e. The topological polar surface area (TPSA) is 26.7 Å². The fraction of sp³-hybridized carbons (Fsp3) is 0.647. The molecule has 0 radical (unpaired) electrons. The van der Waals surface area contributed by atoms with Crippen molar-refractivity contribution < 1.29 is 5.11 Å². The van der Waals surface area contributed by atoms with Crippen molar-refractivity contribution in [2.75, 3.05) is 32.7 Å². The summed E-state index contributed by atoms with van der Waals surface area (Å²) in [7, 11) is 0. The number of nitrogens with zero attached hydrogens (tertiary/aromatic N) is 2. The van der Waals surface area contributed by atoms with Crippen LogP contribution in [0.2, 0.25) is 0 Å². The lowest BCUT2D eigenvalue weighted by molar-refractivity contribution is 0.0358. The number of hydrogen-bond donors (Lipinski definition) is 1. The molecule has 21 heavy (non-hydrogen) atoms. The second-order valence-electron chi connectivity index (χ2n) is 6.32. The molecular formula is C17H25IN2O. The summed E-state index contributed by atoms with van der Waals surface area (Å²) in [5.41, 5.74) is 1.44. The molecule has 0 spiro atoms. The Bertz CT molecular complexity index is 460. The van der Waals surface area contributed by atoms with E-state index in [1.54, 1.807) is 0 Å². The highest BCUT2D eigenvalue weighted by Gasteiger charge is 2.32. The number of benzene rings is 1. The largest absolute Gasteiger partial charge is 0.391 e. The summed E-state index contributed by atoms with van der Waals surface area (Å²) in [5, 5.41) is 10.0. The van der Waals surface area contributed by atoms with Gasteiger partial charge in [-0.1, -0.05) is 12.1 Å². The van der Waals surface area contributed by atoms with Gasteiger partial charge in [-0.25, -0.2) is 0 Å². The number of rotatable bonds is 4. The number of aliphatic hydroxyl groups excluding tert-OH is 1. The Balaban J connectivity index is 1.43. The standard InChI is InChI=1S/C17H25IN2O/c18-15-4-1-3-14(13-15)7-8-19-9-11-20(12-10-19)16-5-2-6-17(16)21/h1,3-4,13,16-17,21H,2,5-12H2/t16-,17-/m0/s1/i18-2. The third kappa shape index (κ3) is 4.18. The molecule has 2 atom stereocenters. The highest BCUT2D eigenvalue weighted by atomic mass is 125. The van der Waals surface area contributed by atoms with E-state index in [2.05, 4.69) is 56.7 Å².